The van der Waals surface area contributed by atoms with Crippen LogP contribution < -0.4 is 10.7 Å². The summed E-state index contributed by atoms with van der Waals surface area (Å²) in [5.41, 5.74) is 0.0364. The monoisotopic (exact) mass is 331 g/mol. The SMILES string of the molecule is Cc1cccc2nc(C(C(C)C)N(C(=O)[O-])C(C)(C)C)oc(=O)c12. The second-order valence-electron chi connectivity index (χ2n) is 7.30. The molecule has 1 aromatic carbocycles. The van der Waals surface area contributed by atoms with E-state index in [-0.39, 0.29) is 11.8 Å². The van der Waals surface area contributed by atoms with Crippen LogP contribution in [0, 0.1) is 12.8 Å². The van der Waals surface area contributed by atoms with Crippen molar-refractivity contribution in [1.82, 2.24) is 9.88 Å². The highest BCUT2D eigenvalue weighted by molar-refractivity contribution is 5.80. The largest absolute Gasteiger partial charge is 0.530 e. The maximum atomic E-state index is 12.4. The third kappa shape index (κ3) is 3.27. The van der Waals surface area contributed by atoms with Gasteiger partial charge in [-0.3, -0.25) is 0 Å². The molecule has 6 heteroatoms. The van der Waals surface area contributed by atoms with Gasteiger partial charge in [0.1, 0.15) is 12.1 Å². The first-order valence-corrected chi connectivity index (χ1v) is 7.94. The number of aryl methyl sites for hydroxylation is 1. The van der Waals surface area contributed by atoms with Gasteiger partial charge < -0.3 is 19.2 Å². The molecule has 0 saturated carbocycles. The van der Waals surface area contributed by atoms with E-state index in [1.54, 1.807) is 32.9 Å². The van der Waals surface area contributed by atoms with Crippen LogP contribution in [0.3, 0.4) is 0 Å². The Balaban J connectivity index is 2.71. The molecule has 0 spiro atoms. The fourth-order valence-electron chi connectivity index (χ4n) is 2.92. The molecule has 0 saturated heterocycles. The molecule has 0 radical (unpaired) electrons. The number of carbonyl (C=O) groups excluding carboxylic acids is 1. The molecule has 0 aliphatic carbocycles. The quantitative estimate of drug-likeness (QED) is 0.863. The smallest absolute Gasteiger partial charge is 0.347 e. The molecule has 0 aliphatic heterocycles. The molecule has 0 N–H and O–H groups in total. The van der Waals surface area contributed by atoms with E-state index >= 15 is 0 Å². The zero-order chi connectivity index (χ0) is 18.2. The lowest BCUT2D eigenvalue weighted by atomic mass is 9.96. The summed E-state index contributed by atoms with van der Waals surface area (Å²) in [6, 6.07) is 4.62. The fraction of sp³-hybridized carbons (Fsp3) is 0.500. The van der Waals surface area contributed by atoms with Gasteiger partial charge in [-0.05, 0) is 45.2 Å². The van der Waals surface area contributed by atoms with Gasteiger partial charge in [0, 0.05) is 5.54 Å². The van der Waals surface area contributed by atoms with E-state index in [9.17, 15) is 14.7 Å². The zero-order valence-electron chi connectivity index (χ0n) is 14.9. The molecular weight excluding hydrogens is 308 g/mol. The van der Waals surface area contributed by atoms with Gasteiger partial charge in [-0.1, -0.05) is 26.0 Å². The highest BCUT2D eigenvalue weighted by atomic mass is 16.4. The summed E-state index contributed by atoms with van der Waals surface area (Å²) < 4.78 is 5.42. The Labute approximate surface area is 141 Å². The molecule has 1 amide bonds. The van der Waals surface area contributed by atoms with Crippen LogP contribution in [-0.2, 0) is 0 Å². The topological polar surface area (TPSA) is 86.5 Å². The maximum absolute atomic E-state index is 12.4. The Morgan fingerprint density at radius 3 is 2.42 bits per heavy atom. The van der Waals surface area contributed by atoms with E-state index < -0.39 is 23.3 Å². The first-order chi connectivity index (χ1) is 11.0. The molecule has 2 rings (SSSR count). The van der Waals surface area contributed by atoms with Gasteiger partial charge in [-0.15, -0.1) is 0 Å². The number of hydrogen-bond acceptors (Lipinski definition) is 5. The Bertz CT molecular complexity index is 818. The minimum absolute atomic E-state index is 0.0900. The molecule has 24 heavy (non-hydrogen) atoms. The predicted molar refractivity (Wildman–Crippen MR) is 89.6 cm³/mol. The summed E-state index contributed by atoms with van der Waals surface area (Å²) in [6.45, 7) is 10.8. The van der Waals surface area contributed by atoms with Gasteiger partial charge >= 0.3 is 5.63 Å². The fourth-order valence-corrected chi connectivity index (χ4v) is 2.92. The van der Waals surface area contributed by atoms with Crippen LogP contribution in [0.15, 0.2) is 27.4 Å². The highest BCUT2D eigenvalue weighted by Gasteiger charge is 2.35. The Hall–Kier alpha value is -2.37. The van der Waals surface area contributed by atoms with Crippen LogP contribution in [0.1, 0.15) is 52.1 Å². The zero-order valence-corrected chi connectivity index (χ0v) is 14.9. The minimum Gasteiger partial charge on any atom is -0.530 e. The number of carbonyl (C=O) groups is 1. The summed E-state index contributed by atoms with van der Waals surface area (Å²) in [7, 11) is 0. The van der Waals surface area contributed by atoms with Crippen LogP contribution in [0.25, 0.3) is 10.9 Å². The van der Waals surface area contributed by atoms with Gasteiger partial charge in [0.2, 0.25) is 5.89 Å². The molecule has 2 aromatic rings. The van der Waals surface area contributed by atoms with Crippen molar-refractivity contribution in [2.75, 3.05) is 0 Å². The summed E-state index contributed by atoms with van der Waals surface area (Å²) in [5, 5.41) is 12.2. The lowest BCUT2D eigenvalue weighted by molar-refractivity contribution is -0.275. The van der Waals surface area contributed by atoms with Crippen LogP contribution in [-0.4, -0.2) is 21.5 Å². The van der Waals surface area contributed by atoms with E-state index in [2.05, 4.69) is 4.98 Å². The van der Waals surface area contributed by atoms with E-state index in [1.165, 1.54) is 4.90 Å². The molecule has 130 valence electrons. The lowest BCUT2D eigenvalue weighted by Gasteiger charge is -2.44. The van der Waals surface area contributed by atoms with Gasteiger partial charge in [-0.25, -0.2) is 9.78 Å². The molecule has 0 fully saturated rings. The van der Waals surface area contributed by atoms with Crippen LogP contribution in [0.4, 0.5) is 4.79 Å². The number of nitrogens with zero attached hydrogens (tertiary/aromatic N) is 2. The normalized spacial score (nSPS) is 13.3. The number of fused-ring (bicyclic) bond motifs is 1. The maximum Gasteiger partial charge on any atom is 0.347 e. The van der Waals surface area contributed by atoms with E-state index in [0.29, 0.717) is 10.9 Å². The highest BCUT2D eigenvalue weighted by Crippen LogP contribution is 2.33. The van der Waals surface area contributed by atoms with Crippen molar-refractivity contribution in [2.45, 2.75) is 53.1 Å². The van der Waals surface area contributed by atoms with Crippen molar-refractivity contribution in [3.05, 3.63) is 40.1 Å². The molecule has 6 nitrogen and oxygen atoms in total. The van der Waals surface area contributed by atoms with Gasteiger partial charge in [0.05, 0.1) is 10.9 Å². The van der Waals surface area contributed by atoms with Gasteiger partial charge in [0.15, 0.2) is 0 Å². The number of carboxylic acid groups (broad SMARTS) is 1. The van der Waals surface area contributed by atoms with Gasteiger partial charge in [0.25, 0.3) is 0 Å². The van der Waals surface area contributed by atoms with Gasteiger partial charge in [-0.2, -0.15) is 0 Å². The second-order valence-corrected chi connectivity index (χ2v) is 7.30. The first kappa shape index (κ1) is 18.0. The molecular formula is C18H23N2O4-. The molecule has 1 heterocycles. The molecule has 1 atom stereocenters. The minimum atomic E-state index is -1.32. The third-order valence-electron chi connectivity index (χ3n) is 3.96. The summed E-state index contributed by atoms with van der Waals surface area (Å²) in [6.07, 6.45) is -1.32. The average Bonchev–Trinajstić information content (AvgIpc) is 2.41. The van der Waals surface area contributed by atoms with Crippen LogP contribution >= 0.6 is 0 Å². The first-order valence-electron chi connectivity index (χ1n) is 7.94. The van der Waals surface area contributed by atoms with E-state index in [4.69, 9.17) is 4.42 Å². The van der Waals surface area contributed by atoms with E-state index in [1.807, 2.05) is 26.8 Å². The number of benzene rings is 1. The van der Waals surface area contributed by atoms with Crippen molar-refractivity contribution in [3.63, 3.8) is 0 Å². The Morgan fingerprint density at radius 1 is 1.29 bits per heavy atom. The molecule has 0 bridgehead atoms. The third-order valence-corrected chi connectivity index (χ3v) is 3.96. The average molecular weight is 331 g/mol. The molecule has 1 aromatic heterocycles. The number of rotatable bonds is 3. The van der Waals surface area contributed by atoms with E-state index in [0.717, 1.165) is 5.56 Å². The predicted octanol–water partition coefficient (Wildman–Crippen LogP) is 2.64. The number of hydrogen-bond donors (Lipinski definition) is 0. The Morgan fingerprint density at radius 2 is 1.92 bits per heavy atom. The van der Waals surface area contributed by atoms with Crippen molar-refractivity contribution >= 4 is 17.0 Å². The summed E-state index contributed by atoms with van der Waals surface area (Å²) >= 11 is 0. The molecule has 0 aliphatic rings. The van der Waals surface area contributed by atoms with Crippen molar-refractivity contribution in [1.29, 1.82) is 0 Å². The summed E-state index contributed by atoms with van der Waals surface area (Å²) in [5.74, 6) is -0.0627. The van der Waals surface area contributed by atoms with Crippen molar-refractivity contribution in [2.24, 2.45) is 5.92 Å². The standard InChI is InChI=1S/C18H24N2O4/c1-10(2)14(20(17(22)23)18(4,5)6)15-19-12-9-7-8-11(3)13(12)16(21)24-15/h7-10,14H,1-6H3,(H,22,23)/p-1. The van der Waals surface area contributed by atoms with Crippen LogP contribution in [0.2, 0.25) is 0 Å². The Kier molecular flexibility index (Phi) is 4.69. The number of aromatic nitrogens is 1. The lowest BCUT2D eigenvalue weighted by Crippen LogP contribution is -2.54. The van der Waals surface area contributed by atoms with Crippen LogP contribution in [0.5, 0.6) is 0 Å². The number of amides is 1. The van der Waals surface area contributed by atoms with Crippen molar-refractivity contribution in [3.8, 4) is 0 Å². The van der Waals surface area contributed by atoms with Crippen molar-refractivity contribution < 1.29 is 14.3 Å². The molecule has 1 unspecified atom stereocenters. The summed E-state index contributed by atoms with van der Waals surface area (Å²) in [4.78, 5) is 29.8. The second kappa shape index (κ2) is 6.26.